The van der Waals surface area contributed by atoms with Crippen molar-refractivity contribution in [1.29, 1.82) is 0 Å². The van der Waals surface area contributed by atoms with E-state index >= 15 is 0 Å². The molecule has 0 aliphatic carbocycles. The van der Waals surface area contributed by atoms with Crippen molar-refractivity contribution in [3.05, 3.63) is 40.4 Å². The Bertz CT molecular complexity index is 1030. The summed E-state index contributed by atoms with van der Waals surface area (Å²) in [5.74, 6) is 0.486. The van der Waals surface area contributed by atoms with Crippen LogP contribution in [0, 0.1) is 0 Å². The smallest absolute Gasteiger partial charge is 0.282 e. The first-order chi connectivity index (χ1) is 14.0. The van der Waals surface area contributed by atoms with E-state index in [4.69, 9.17) is 14.5 Å². The van der Waals surface area contributed by atoms with Crippen molar-refractivity contribution in [2.45, 2.75) is 25.4 Å². The number of para-hydroxylation sites is 1. The van der Waals surface area contributed by atoms with Crippen molar-refractivity contribution >= 4 is 21.1 Å². The molecule has 0 bridgehead atoms. The highest BCUT2D eigenvalue weighted by molar-refractivity contribution is 7.86. The second kappa shape index (κ2) is 8.49. The van der Waals surface area contributed by atoms with Crippen LogP contribution in [0.4, 0.5) is 0 Å². The average Bonchev–Trinajstić information content (AvgIpc) is 3.24. The molecule has 9 nitrogen and oxygen atoms in total. The van der Waals surface area contributed by atoms with Gasteiger partial charge in [0, 0.05) is 26.7 Å². The van der Waals surface area contributed by atoms with Crippen molar-refractivity contribution in [2.75, 3.05) is 46.6 Å². The maximum Gasteiger partial charge on any atom is 0.282 e. The molecule has 2 aliphatic heterocycles. The minimum Gasteiger partial charge on any atom is -0.383 e. The van der Waals surface area contributed by atoms with E-state index in [9.17, 15) is 13.2 Å². The molecule has 3 heterocycles. The van der Waals surface area contributed by atoms with E-state index in [1.54, 1.807) is 29.9 Å². The Hall–Kier alpha value is -1.85. The first-order valence-corrected chi connectivity index (χ1v) is 11.3. The van der Waals surface area contributed by atoms with Gasteiger partial charge in [-0.05, 0) is 25.0 Å². The Labute approximate surface area is 170 Å². The van der Waals surface area contributed by atoms with Crippen LogP contribution in [0.15, 0.2) is 29.1 Å². The standard InChI is InChI=1S/C19H26N4O5S/c1-27-12-11-22-18(20-16-6-3-2-5-15(16)19(22)24)17-7-4-8-23(17)29(25,26)21-9-13-28-14-10-21/h2-3,5-6,17H,4,7-14H2,1H3. The molecular formula is C19H26N4O5S. The predicted molar refractivity (Wildman–Crippen MR) is 108 cm³/mol. The van der Waals surface area contributed by atoms with Crippen LogP contribution >= 0.6 is 0 Å². The first kappa shape index (κ1) is 20.4. The molecular weight excluding hydrogens is 396 g/mol. The topological polar surface area (TPSA) is 94.0 Å². The molecule has 2 aromatic rings. The highest BCUT2D eigenvalue weighted by Gasteiger charge is 2.41. The van der Waals surface area contributed by atoms with Crippen LogP contribution in [0.2, 0.25) is 0 Å². The lowest BCUT2D eigenvalue weighted by Crippen LogP contribution is -2.49. The lowest BCUT2D eigenvalue weighted by Gasteiger charge is -2.33. The molecule has 1 atom stereocenters. The molecule has 4 rings (SSSR count). The number of ether oxygens (including phenoxy) is 2. The predicted octanol–water partition coefficient (Wildman–Crippen LogP) is 0.757. The van der Waals surface area contributed by atoms with Gasteiger partial charge in [0.1, 0.15) is 5.82 Å². The summed E-state index contributed by atoms with van der Waals surface area (Å²) in [4.78, 5) is 17.9. The molecule has 158 valence electrons. The molecule has 29 heavy (non-hydrogen) atoms. The number of nitrogens with zero attached hydrogens (tertiary/aromatic N) is 4. The van der Waals surface area contributed by atoms with Gasteiger partial charge in [-0.1, -0.05) is 12.1 Å². The van der Waals surface area contributed by atoms with E-state index in [0.717, 1.165) is 6.42 Å². The second-order valence-corrected chi connectivity index (χ2v) is 9.11. The van der Waals surface area contributed by atoms with Crippen molar-refractivity contribution < 1.29 is 17.9 Å². The van der Waals surface area contributed by atoms with Gasteiger partial charge < -0.3 is 9.47 Å². The van der Waals surface area contributed by atoms with E-state index < -0.39 is 16.3 Å². The third kappa shape index (κ3) is 3.82. The Morgan fingerprint density at radius 1 is 1.21 bits per heavy atom. The van der Waals surface area contributed by atoms with Gasteiger partial charge in [-0.3, -0.25) is 9.36 Å². The molecule has 0 amide bonds. The molecule has 2 aliphatic rings. The minimum atomic E-state index is -3.66. The Morgan fingerprint density at radius 3 is 2.72 bits per heavy atom. The molecule has 0 radical (unpaired) electrons. The molecule has 10 heteroatoms. The summed E-state index contributed by atoms with van der Waals surface area (Å²) in [6, 6.07) is 6.69. The van der Waals surface area contributed by atoms with Crippen molar-refractivity contribution in [1.82, 2.24) is 18.2 Å². The maximum absolute atomic E-state index is 13.3. The fraction of sp³-hybridized carbons (Fsp3) is 0.579. The normalized spacial score (nSPS) is 21.8. The van der Waals surface area contributed by atoms with Crippen LogP contribution in [0.25, 0.3) is 10.9 Å². The van der Waals surface area contributed by atoms with Gasteiger partial charge in [0.25, 0.3) is 15.8 Å². The summed E-state index contributed by atoms with van der Waals surface area (Å²) in [5.41, 5.74) is 0.412. The molecule has 1 unspecified atom stereocenters. The van der Waals surface area contributed by atoms with Crippen molar-refractivity contribution in [3.8, 4) is 0 Å². The van der Waals surface area contributed by atoms with E-state index in [0.29, 0.717) is 69.1 Å². The van der Waals surface area contributed by atoms with Crippen LogP contribution in [-0.2, 0) is 26.2 Å². The molecule has 0 spiro atoms. The highest BCUT2D eigenvalue weighted by atomic mass is 32.2. The molecule has 0 saturated carbocycles. The second-order valence-electron chi connectivity index (χ2n) is 7.22. The van der Waals surface area contributed by atoms with E-state index in [1.165, 1.54) is 8.61 Å². The number of rotatable bonds is 6. The molecule has 0 N–H and O–H groups in total. The van der Waals surface area contributed by atoms with Gasteiger partial charge >= 0.3 is 0 Å². The molecule has 2 fully saturated rings. The van der Waals surface area contributed by atoms with Gasteiger partial charge in [0.05, 0.1) is 43.3 Å². The molecule has 1 aromatic carbocycles. The SMILES string of the molecule is COCCn1c(C2CCCN2S(=O)(=O)N2CCOCC2)nc2ccccc2c1=O. The summed E-state index contributed by atoms with van der Waals surface area (Å²) in [5, 5.41) is 0.521. The van der Waals surface area contributed by atoms with E-state index in [2.05, 4.69) is 0 Å². The number of methoxy groups -OCH3 is 1. The van der Waals surface area contributed by atoms with Crippen molar-refractivity contribution in [2.24, 2.45) is 0 Å². The number of fused-ring (bicyclic) bond motifs is 1. The van der Waals surface area contributed by atoms with E-state index in [1.807, 2.05) is 6.07 Å². The minimum absolute atomic E-state index is 0.168. The summed E-state index contributed by atoms with van der Waals surface area (Å²) in [6.07, 6.45) is 1.35. The van der Waals surface area contributed by atoms with Crippen LogP contribution in [0.1, 0.15) is 24.7 Å². The number of aromatic nitrogens is 2. The zero-order chi connectivity index (χ0) is 20.4. The fourth-order valence-corrected chi connectivity index (χ4v) is 5.83. The molecule has 1 aromatic heterocycles. The monoisotopic (exact) mass is 422 g/mol. The Balaban J connectivity index is 1.78. The number of hydrogen-bond acceptors (Lipinski definition) is 6. The largest absolute Gasteiger partial charge is 0.383 e. The Kier molecular flexibility index (Phi) is 5.98. The van der Waals surface area contributed by atoms with Crippen molar-refractivity contribution in [3.63, 3.8) is 0 Å². The summed E-state index contributed by atoms with van der Waals surface area (Å²) >= 11 is 0. The van der Waals surface area contributed by atoms with Gasteiger partial charge in [-0.15, -0.1) is 0 Å². The number of morpholine rings is 1. The third-order valence-corrected chi connectivity index (χ3v) is 7.55. The lowest BCUT2D eigenvalue weighted by molar-refractivity contribution is 0.0697. The van der Waals surface area contributed by atoms with Crippen LogP contribution in [0.5, 0.6) is 0 Å². The van der Waals surface area contributed by atoms with E-state index in [-0.39, 0.29) is 5.56 Å². The summed E-state index contributed by atoms with van der Waals surface area (Å²) in [6.45, 7) is 2.55. The third-order valence-electron chi connectivity index (χ3n) is 5.50. The number of benzene rings is 1. The van der Waals surface area contributed by atoms with Gasteiger partial charge in [0.15, 0.2) is 0 Å². The molecule has 2 saturated heterocycles. The average molecular weight is 423 g/mol. The zero-order valence-electron chi connectivity index (χ0n) is 16.5. The highest BCUT2D eigenvalue weighted by Crippen LogP contribution is 2.34. The Morgan fingerprint density at radius 2 is 1.97 bits per heavy atom. The lowest BCUT2D eigenvalue weighted by atomic mass is 10.2. The zero-order valence-corrected chi connectivity index (χ0v) is 17.3. The van der Waals surface area contributed by atoms with Crippen LogP contribution in [0.3, 0.4) is 0 Å². The van der Waals surface area contributed by atoms with Gasteiger partial charge in [-0.2, -0.15) is 17.0 Å². The maximum atomic E-state index is 13.3. The number of hydrogen-bond donors (Lipinski definition) is 0. The fourth-order valence-electron chi connectivity index (χ4n) is 4.04. The van der Waals surface area contributed by atoms with Gasteiger partial charge in [0.2, 0.25) is 0 Å². The quantitative estimate of drug-likeness (QED) is 0.682. The van der Waals surface area contributed by atoms with Crippen LogP contribution < -0.4 is 5.56 Å². The summed E-state index contributed by atoms with van der Waals surface area (Å²) < 4.78 is 41.6. The van der Waals surface area contributed by atoms with Crippen LogP contribution in [-0.4, -0.2) is 73.1 Å². The summed E-state index contributed by atoms with van der Waals surface area (Å²) in [7, 11) is -2.09. The van der Waals surface area contributed by atoms with Gasteiger partial charge in [-0.25, -0.2) is 4.98 Å². The first-order valence-electron chi connectivity index (χ1n) is 9.87.